The average Bonchev–Trinajstić information content (AvgIpc) is 2.67. The zero-order valence-electron chi connectivity index (χ0n) is 9.24. The molecule has 1 heterocycles. The van der Waals surface area contributed by atoms with Crippen LogP contribution < -0.4 is 5.38 Å². The summed E-state index contributed by atoms with van der Waals surface area (Å²) < 4.78 is 16.5. The van der Waals surface area contributed by atoms with Crippen LogP contribution in [-0.2, 0) is 8.85 Å². The molecule has 0 spiro atoms. The molecule has 14 heavy (non-hydrogen) atoms. The zero-order chi connectivity index (χ0) is 10.6. The van der Waals surface area contributed by atoms with Crippen LogP contribution in [0, 0.1) is 5.92 Å². The Balaban J connectivity index is 2.91. The first-order valence-corrected chi connectivity index (χ1v) is 6.81. The van der Waals surface area contributed by atoms with Crippen LogP contribution in [0.2, 0.25) is 6.04 Å². The molecule has 0 radical (unpaired) electrons. The highest BCUT2D eigenvalue weighted by Gasteiger charge is 2.41. The topological polar surface area (TPSA) is 31.6 Å². The van der Waals surface area contributed by atoms with E-state index in [1.807, 2.05) is 12.1 Å². The third-order valence-electron chi connectivity index (χ3n) is 2.23. The van der Waals surface area contributed by atoms with Crippen molar-refractivity contribution >= 4 is 13.9 Å². The lowest BCUT2D eigenvalue weighted by atomic mass is 10.3. The summed E-state index contributed by atoms with van der Waals surface area (Å²) in [6.45, 7) is 4.31. The van der Waals surface area contributed by atoms with Crippen LogP contribution >= 0.6 is 0 Å². The third kappa shape index (κ3) is 2.26. The van der Waals surface area contributed by atoms with E-state index in [2.05, 4.69) is 13.8 Å². The number of hydrogen-bond donors (Lipinski definition) is 0. The lowest BCUT2D eigenvalue weighted by molar-refractivity contribution is 0.245. The van der Waals surface area contributed by atoms with Gasteiger partial charge in [-0.05, 0) is 24.1 Å². The molecule has 0 aliphatic carbocycles. The van der Waals surface area contributed by atoms with Gasteiger partial charge in [0.2, 0.25) is 0 Å². The summed E-state index contributed by atoms with van der Waals surface area (Å²) in [5.74, 6) is 0.534. The van der Waals surface area contributed by atoms with Gasteiger partial charge in [0.15, 0.2) is 0 Å². The summed E-state index contributed by atoms with van der Waals surface area (Å²) in [6.07, 6.45) is 1.66. The van der Waals surface area contributed by atoms with Gasteiger partial charge in [-0.3, -0.25) is 0 Å². The van der Waals surface area contributed by atoms with E-state index in [9.17, 15) is 0 Å². The first kappa shape index (κ1) is 11.5. The first-order chi connectivity index (χ1) is 6.64. The lowest BCUT2D eigenvalue weighted by Gasteiger charge is -2.26. The molecule has 1 rings (SSSR count). The Morgan fingerprint density at radius 2 is 2.00 bits per heavy atom. The Kier molecular flexibility index (Phi) is 3.92. The minimum atomic E-state index is -2.30. The molecular formula is C10H18O3Si. The van der Waals surface area contributed by atoms with E-state index in [4.69, 9.17) is 13.3 Å². The summed E-state index contributed by atoms with van der Waals surface area (Å²) in [5, 5.41) is 0.858. The van der Waals surface area contributed by atoms with E-state index in [-0.39, 0.29) is 0 Å². The van der Waals surface area contributed by atoms with E-state index in [0.717, 1.165) is 11.4 Å². The van der Waals surface area contributed by atoms with E-state index in [0.29, 0.717) is 5.92 Å². The molecule has 3 nitrogen and oxygen atoms in total. The van der Waals surface area contributed by atoms with Crippen molar-refractivity contribution in [1.29, 1.82) is 0 Å². The van der Waals surface area contributed by atoms with Gasteiger partial charge >= 0.3 is 8.56 Å². The van der Waals surface area contributed by atoms with Crippen molar-refractivity contribution in [3.05, 3.63) is 18.4 Å². The maximum absolute atomic E-state index is 5.57. The SMILES string of the molecule is CO[Si](CC(C)C)(OC)c1ccco1. The Labute approximate surface area is 86.3 Å². The molecule has 1 aromatic heterocycles. The average molecular weight is 214 g/mol. The second-order valence-electron chi connectivity index (χ2n) is 3.74. The quantitative estimate of drug-likeness (QED) is 0.701. The fourth-order valence-corrected chi connectivity index (χ4v) is 4.36. The molecule has 0 unspecified atom stereocenters. The maximum atomic E-state index is 5.57. The summed E-state index contributed by atoms with van der Waals surface area (Å²) in [5.41, 5.74) is 0. The van der Waals surface area contributed by atoms with Crippen LogP contribution in [0.4, 0.5) is 0 Å². The molecule has 0 atom stereocenters. The van der Waals surface area contributed by atoms with Crippen molar-refractivity contribution in [2.24, 2.45) is 5.92 Å². The van der Waals surface area contributed by atoms with E-state index in [1.54, 1.807) is 20.5 Å². The highest BCUT2D eigenvalue weighted by molar-refractivity contribution is 6.80. The van der Waals surface area contributed by atoms with Gasteiger partial charge in [-0.25, -0.2) is 0 Å². The molecule has 4 heteroatoms. The van der Waals surface area contributed by atoms with Crippen molar-refractivity contribution in [2.45, 2.75) is 19.9 Å². The largest absolute Gasteiger partial charge is 0.469 e. The van der Waals surface area contributed by atoms with Crippen LogP contribution in [0.25, 0.3) is 0 Å². The predicted molar refractivity (Wildman–Crippen MR) is 57.8 cm³/mol. The highest BCUT2D eigenvalue weighted by Crippen LogP contribution is 2.18. The van der Waals surface area contributed by atoms with Gasteiger partial charge in [-0.15, -0.1) is 0 Å². The van der Waals surface area contributed by atoms with Gasteiger partial charge in [-0.2, -0.15) is 0 Å². The molecule has 1 aromatic rings. The summed E-state index contributed by atoms with van der Waals surface area (Å²) >= 11 is 0. The number of rotatable bonds is 5. The van der Waals surface area contributed by atoms with Crippen molar-refractivity contribution < 1.29 is 13.3 Å². The minimum Gasteiger partial charge on any atom is -0.469 e. The van der Waals surface area contributed by atoms with Crippen LogP contribution in [0.5, 0.6) is 0 Å². The smallest absolute Gasteiger partial charge is 0.408 e. The normalized spacial score (nSPS) is 12.4. The Morgan fingerprint density at radius 1 is 1.36 bits per heavy atom. The standard InChI is InChI=1S/C10H18O3Si/c1-9(2)8-14(11-3,12-4)10-6-5-7-13-10/h5-7,9H,8H2,1-4H3. The van der Waals surface area contributed by atoms with Crippen molar-refractivity contribution in [2.75, 3.05) is 14.2 Å². The molecule has 80 valence electrons. The van der Waals surface area contributed by atoms with Gasteiger partial charge in [0.05, 0.1) is 6.26 Å². The first-order valence-electron chi connectivity index (χ1n) is 4.79. The van der Waals surface area contributed by atoms with Crippen LogP contribution in [0.3, 0.4) is 0 Å². The molecule has 0 fully saturated rings. The van der Waals surface area contributed by atoms with Crippen molar-refractivity contribution in [3.63, 3.8) is 0 Å². The monoisotopic (exact) mass is 214 g/mol. The van der Waals surface area contributed by atoms with E-state index in [1.165, 1.54) is 0 Å². The van der Waals surface area contributed by atoms with E-state index < -0.39 is 8.56 Å². The predicted octanol–water partition coefficient (Wildman–Crippen LogP) is 1.88. The molecule has 0 aromatic carbocycles. The van der Waals surface area contributed by atoms with Gasteiger partial charge < -0.3 is 13.3 Å². The molecular weight excluding hydrogens is 196 g/mol. The number of hydrogen-bond acceptors (Lipinski definition) is 3. The molecule has 0 saturated carbocycles. The Hall–Kier alpha value is -0.583. The second-order valence-corrected chi connectivity index (χ2v) is 6.96. The molecule has 0 bridgehead atoms. The van der Waals surface area contributed by atoms with Crippen LogP contribution in [-0.4, -0.2) is 22.8 Å². The fraction of sp³-hybridized carbons (Fsp3) is 0.600. The van der Waals surface area contributed by atoms with Crippen molar-refractivity contribution in [3.8, 4) is 0 Å². The Bertz CT molecular complexity index is 252. The van der Waals surface area contributed by atoms with Gasteiger partial charge in [0, 0.05) is 14.2 Å². The van der Waals surface area contributed by atoms with Gasteiger partial charge in [0.1, 0.15) is 5.38 Å². The summed E-state index contributed by atoms with van der Waals surface area (Å²) in [6, 6.07) is 4.71. The zero-order valence-corrected chi connectivity index (χ0v) is 10.2. The number of furan rings is 1. The van der Waals surface area contributed by atoms with Crippen LogP contribution in [0.1, 0.15) is 13.8 Å². The maximum Gasteiger partial charge on any atom is 0.408 e. The Morgan fingerprint density at radius 3 is 2.36 bits per heavy atom. The van der Waals surface area contributed by atoms with Gasteiger partial charge in [0.25, 0.3) is 0 Å². The minimum absolute atomic E-state index is 0.534. The van der Waals surface area contributed by atoms with E-state index >= 15 is 0 Å². The molecule has 0 N–H and O–H groups in total. The highest BCUT2D eigenvalue weighted by atomic mass is 28.4. The second kappa shape index (κ2) is 4.77. The molecule has 0 aliphatic heterocycles. The fourth-order valence-electron chi connectivity index (χ4n) is 1.58. The lowest BCUT2D eigenvalue weighted by Crippen LogP contribution is -2.52. The third-order valence-corrected chi connectivity index (χ3v) is 5.94. The van der Waals surface area contributed by atoms with Gasteiger partial charge in [-0.1, -0.05) is 13.8 Å². The van der Waals surface area contributed by atoms with Crippen molar-refractivity contribution in [1.82, 2.24) is 0 Å². The van der Waals surface area contributed by atoms with Crippen LogP contribution in [0.15, 0.2) is 22.8 Å². The molecule has 0 saturated heterocycles. The summed E-state index contributed by atoms with van der Waals surface area (Å²) in [7, 11) is 1.09. The molecule has 0 aliphatic rings. The summed E-state index contributed by atoms with van der Waals surface area (Å²) in [4.78, 5) is 0. The molecule has 0 amide bonds.